The van der Waals surface area contributed by atoms with Gasteiger partial charge < -0.3 is 15.2 Å². The van der Waals surface area contributed by atoms with Gasteiger partial charge in [-0.3, -0.25) is 9.59 Å². The van der Waals surface area contributed by atoms with E-state index in [1.807, 2.05) is 19.1 Å². The molecule has 0 aliphatic carbocycles. The fourth-order valence-electron chi connectivity index (χ4n) is 2.20. The number of carboxylic acids is 1. The van der Waals surface area contributed by atoms with Gasteiger partial charge in [-0.25, -0.2) is 0 Å². The summed E-state index contributed by atoms with van der Waals surface area (Å²) in [5, 5.41) is 11.8. The Hall–Kier alpha value is -1.88. The first-order valence-electron chi connectivity index (χ1n) is 6.19. The number of hydrogen-bond donors (Lipinski definition) is 2. The van der Waals surface area contributed by atoms with Gasteiger partial charge in [0.15, 0.2) is 0 Å². The van der Waals surface area contributed by atoms with E-state index in [-0.39, 0.29) is 18.9 Å². The van der Waals surface area contributed by atoms with Crippen molar-refractivity contribution in [3.05, 3.63) is 35.4 Å². The third-order valence-electron chi connectivity index (χ3n) is 3.29. The summed E-state index contributed by atoms with van der Waals surface area (Å²) >= 11 is 0. The van der Waals surface area contributed by atoms with E-state index in [4.69, 9.17) is 9.84 Å². The first-order chi connectivity index (χ1) is 9.01. The molecule has 1 atom stereocenters. The van der Waals surface area contributed by atoms with Gasteiger partial charge in [-0.1, -0.05) is 17.7 Å². The second kappa shape index (κ2) is 5.40. The lowest BCUT2D eigenvalue weighted by Crippen LogP contribution is -2.50. The highest BCUT2D eigenvalue weighted by atomic mass is 16.5. The number of carboxylic acid groups (broad SMARTS) is 1. The zero-order chi connectivity index (χ0) is 13.9. The van der Waals surface area contributed by atoms with E-state index in [9.17, 15) is 9.59 Å². The predicted molar refractivity (Wildman–Crippen MR) is 69.1 cm³/mol. The lowest BCUT2D eigenvalue weighted by molar-refractivity contribution is -0.138. The van der Waals surface area contributed by atoms with Crippen LogP contribution in [0.25, 0.3) is 0 Å². The third-order valence-corrected chi connectivity index (χ3v) is 3.29. The van der Waals surface area contributed by atoms with Crippen molar-refractivity contribution in [3.63, 3.8) is 0 Å². The minimum absolute atomic E-state index is 0.120. The van der Waals surface area contributed by atoms with Gasteiger partial charge in [-0.2, -0.15) is 0 Å². The van der Waals surface area contributed by atoms with E-state index in [0.29, 0.717) is 18.6 Å². The van der Waals surface area contributed by atoms with Crippen molar-refractivity contribution in [3.8, 4) is 0 Å². The molecule has 1 aromatic rings. The van der Waals surface area contributed by atoms with Crippen LogP contribution in [0.15, 0.2) is 24.3 Å². The summed E-state index contributed by atoms with van der Waals surface area (Å²) in [6.45, 7) is 2.66. The molecule has 102 valence electrons. The monoisotopic (exact) mass is 263 g/mol. The van der Waals surface area contributed by atoms with Crippen LogP contribution in [0.3, 0.4) is 0 Å². The molecule has 1 fully saturated rings. The predicted octanol–water partition coefficient (Wildman–Crippen LogP) is 1.36. The second-order valence-corrected chi connectivity index (χ2v) is 4.97. The molecule has 1 amide bonds. The summed E-state index contributed by atoms with van der Waals surface area (Å²) in [4.78, 5) is 23.1. The van der Waals surface area contributed by atoms with Gasteiger partial charge in [0.2, 0.25) is 0 Å². The van der Waals surface area contributed by atoms with Crippen molar-refractivity contribution in [1.29, 1.82) is 0 Å². The number of hydrogen-bond acceptors (Lipinski definition) is 3. The molecule has 0 saturated carbocycles. The van der Waals surface area contributed by atoms with Gasteiger partial charge in [-0.15, -0.1) is 0 Å². The first-order valence-corrected chi connectivity index (χ1v) is 6.19. The van der Waals surface area contributed by atoms with E-state index in [0.717, 1.165) is 5.56 Å². The molecule has 5 heteroatoms. The summed E-state index contributed by atoms with van der Waals surface area (Å²) in [5.74, 6) is -1.19. The summed E-state index contributed by atoms with van der Waals surface area (Å²) < 4.78 is 5.24. The minimum Gasteiger partial charge on any atom is -0.481 e. The average molecular weight is 263 g/mol. The van der Waals surface area contributed by atoms with Crippen molar-refractivity contribution in [2.45, 2.75) is 25.3 Å². The summed E-state index contributed by atoms with van der Waals surface area (Å²) in [5.41, 5.74) is 0.816. The Morgan fingerprint density at radius 2 is 2.05 bits per heavy atom. The Bertz CT molecular complexity index is 475. The lowest BCUT2D eigenvalue weighted by atomic mass is 9.93. The number of aryl methyl sites for hydroxylation is 1. The maximum Gasteiger partial charge on any atom is 0.305 e. The molecule has 2 rings (SSSR count). The van der Waals surface area contributed by atoms with E-state index in [2.05, 4.69) is 5.32 Å². The van der Waals surface area contributed by atoms with Gasteiger partial charge in [0.05, 0.1) is 18.6 Å². The van der Waals surface area contributed by atoms with E-state index >= 15 is 0 Å². The van der Waals surface area contributed by atoms with E-state index < -0.39 is 11.5 Å². The molecule has 1 aromatic carbocycles. The molecule has 0 bridgehead atoms. The van der Waals surface area contributed by atoms with Crippen LogP contribution in [0.1, 0.15) is 28.8 Å². The maximum absolute atomic E-state index is 12.1. The standard InChI is InChI=1S/C14H17NO4/c1-10-2-4-11(5-3-10)13(18)15-14(8-12(16)17)6-7-19-9-14/h2-5H,6-9H2,1H3,(H,15,18)(H,16,17). The topological polar surface area (TPSA) is 75.6 Å². The molecule has 2 N–H and O–H groups in total. The van der Waals surface area contributed by atoms with Crippen molar-refractivity contribution in [1.82, 2.24) is 5.32 Å². The zero-order valence-corrected chi connectivity index (χ0v) is 10.8. The summed E-state index contributed by atoms with van der Waals surface area (Å²) in [6.07, 6.45) is 0.404. The molecule has 5 nitrogen and oxygen atoms in total. The Balaban J connectivity index is 2.11. The molecule has 19 heavy (non-hydrogen) atoms. The molecule has 1 aliphatic rings. The van der Waals surface area contributed by atoms with Gasteiger partial charge in [0.25, 0.3) is 5.91 Å². The molecule has 0 radical (unpaired) electrons. The molecular formula is C14H17NO4. The maximum atomic E-state index is 12.1. The molecule has 0 aromatic heterocycles. The van der Waals surface area contributed by atoms with E-state index in [1.165, 1.54) is 0 Å². The number of carbonyl (C=O) groups excluding carboxylic acids is 1. The van der Waals surface area contributed by atoms with Gasteiger partial charge >= 0.3 is 5.97 Å². The minimum atomic E-state index is -0.935. The summed E-state index contributed by atoms with van der Waals surface area (Å²) in [7, 11) is 0. The lowest BCUT2D eigenvalue weighted by Gasteiger charge is -2.27. The largest absolute Gasteiger partial charge is 0.481 e. The highest BCUT2D eigenvalue weighted by Gasteiger charge is 2.38. The van der Waals surface area contributed by atoms with Crippen LogP contribution in [-0.2, 0) is 9.53 Å². The van der Waals surface area contributed by atoms with Crippen molar-refractivity contribution in [2.75, 3.05) is 13.2 Å². The quantitative estimate of drug-likeness (QED) is 0.860. The first kappa shape index (κ1) is 13.5. The van der Waals surface area contributed by atoms with Crippen LogP contribution in [0.2, 0.25) is 0 Å². The fraction of sp³-hybridized carbons (Fsp3) is 0.429. The van der Waals surface area contributed by atoms with Crippen LogP contribution in [0.4, 0.5) is 0 Å². The smallest absolute Gasteiger partial charge is 0.305 e. The third kappa shape index (κ3) is 3.32. The molecule has 1 heterocycles. The molecule has 1 unspecified atom stereocenters. The van der Waals surface area contributed by atoms with Crippen molar-refractivity contribution < 1.29 is 19.4 Å². The number of carbonyl (C=O) groups is 2. The number of aliphatic carboxylic acids is 1. The van der Waals surface area contributed by atoms with Gasteiger partial charge in [-0.05, 0) is 25.5 Å². The fourth-order valence-corrected chi connectivity index (χ4v) is 2.20. The van der Waals surface area contributed by atoms with Crippen LogP contribution < -0.4 is 5.32 Å². The summed E-state index contributed by atoms with van der Waals surface area (Å²) in [6, 6.07) is 7.16. The van der Waals surface area contributed by atoms with Gasteiger partial charge in [0, 0.05) is 12.2 Å². The van der Waals surface area contributed by atoms with Crippen molar-refractivity contribution in [2.24, 2.45) is 0 Å². The highest BCUT2D eigenvalue weighted by Crippen LogP contribution is 2.23. The number of amides is 1. The highest BCUT2D eigenvalue weighted by molar-refractivity contribution is 5.95. The average Bonchev–Trinajstić information content (AvgIpc) is 2.77. The number of ether oxygens (including phenoxy) is 1. The SMILES string of the molecule is Cc1ccc(C(=O)NC2(CC(=O)O)CCOC2)cc1. The number of rotatable bonds is 4. The zero-order valence-electron chi connectivity index (χ0n) is 10.8. The molecule has 1 aliphatic heterocycles. The van der Waals surface area contributed by atoms with Crippen LogP contribution >= 0.6 is 0 Å². The van der Waals surface area contributed by atoms with Crippen LogP contribution in [0.5, 0.6) is 0 Å². The van der Waals surface area contributed by atoms with Gasteiger partial charge in [0.1, 0.15) is 0 Å². The Labute approximate surface area is 111 Å². The molecule has 0 spiro atoms. The van der Waals surface area contributed by atoms with Crippen LogP contribution in [-0.4, -0.2) is 35.7 Å². The Morgan fingerprint density at radius 3 is 2.58 bits per heavy atom. The van der Waals surface area contributed by atoms with Crippen LogP contribution in [0, 0.1) is 6.92 Å². The number of benzene rings is 1. The Morgan fingerprint density at radius 1 is 1.37 bits per heavy atom. The second-order valence-electron chi connectivity index (χ2n) is 4.97. The Kier molecular flexibility index (Phi) is 3.85. The van der Waals surface area contributed by atoms with Crippen molar-refractivity contribution >= 4 is 11.9 Å². The molecule has 1 saturated heterocycles. The number of nitrogens with one attached hydrogen (secondary N) is 1. The normalized spacial score (nSPS) is 22.2. The van der Waals surface area contributed by atoms with E-state index in [1.54, 1.807) is 12.1 Å². The molecular weight excluding hydrogens is 246 g/mol.